The van der Waals surface area contributed by atoms with E-state index in [0.29, 0.717) is 12.6 Å². The third kappa shape index (κ3) is 5.66. The molecule has 15 heavy (non-hydrogen) atoms. The molecule has 0 bridgehead atoms. The number of hydrogen-bond acceptors (Lipinski definition) is 4. The van der Waals surface area contributed by atoms with E-state index >= 15 is 0 Å². The van der Waals surface area contributed by atoms with Crippen LogP contribution in [0.2, 0.25) is 0 Å². The summed E-state index contributed by atoms with van der Waals surface area (Å²) in [6.07, 6.45) is 0.997. The molecule has 0 aromatic carbocycles. The van der Waals surface area contributed by atoms with Gasteiger partial charge >= 0.3 is 12.0 Å². The van der Waals surface area contributed by atoms with Gasteiger partial charge in [0.25, 0.3) is 0 Å². The van der Waals surface area contributed by atoms with Gasteiger partial charge in [-0.15, -0.1) is 0 Å². The van der Waals surface area contributed by atoms with Crippen LogP contribution in [0.25, 0.3) is 0 Å². The first-order valence-corrected chi connectivity index (χ1v) is 4.57. The predicted molar refractivity (Wildman–Crippen MR) is 57.0 cm³/mol. The molecule has 0 aliphatic carbocycles. The molecule has 0 unspecified atom stereocenters. The van der Waals surface area contributed by atoms with Crippen molar-refractivity contribution in [3.8, 4) is 0 Å². The molecule has 0 saturated heterocycles. The summed E-state index contributed by atoms with van der Waals surface area (Å²) in [5.41, 5.74) is 0. The van der Waals surface area contributed by atoms with Gasteiger partial charge in [-0.1, -0.05) is 5.16 Å². The van der Waals surface area contributed by atoms with Crippen LogP contribution in [0, 0.1) is 0 Å². The zero-order chi connectivity index (χ0) is 11.8. The van der Waals surface area contributed by atoms with Crippen LogP contribution in [0.5, 0.6) is 0 Å². The molecule has 6 heteroatoms. The third-order valence-electron chi connectivity index (χ3n) is 1.34. The summed E-state index contributed by atoms with van der Waals surface area (Å²) in [7, 11) is 7.26. The number of hydrogen-bond donors (Lipinski definition) is 0. The lowest BCUT2D eigenvalue weighted by Crippen LogP contribution is -2.30. The van der Waals surface area contributed by atoms with Gasteiger partial charge in [0.05, 0.1) is 34.8 Å². The maximum Gasteiger partial charge on any atom is 0.471 e. The van der Waals surface area contributed by atoms with E-state index in [0.717, 1.165) is 6.21 Å². The molecular formula is C9H18N3O3+. The number of rotatable bonds is 3. The molecule has 0 heterocycles. The zero-order valence-corrected chi connectivity index (χ0v) is 9.85. The highest BCUT2D eigenvalue weighted by molar-refractivity contribution is 6.23. The zero-order valence-electron chi connectivity index (χ0n) is 9.85. The third-order valence-corrected chi connectivity index (χ3v) is 1.34. The highest BCUT2D eigenvalue weighted by Crippen LogP contribution is 1.86. The highest BCUT2D eigenvalue weighted by atomic mass is 16.7. The number of oxime groups is 1. The Kier molecular flexibility index (Phi) is 6.08. The fourth-order valence-corrected chi connectivity index (χ4v) is 0.859. The van der Waals surface area contributed by atoms with Gasteiger partial charge in [-0.2, -0.15) is 0 Å². The second-order valence-corrected chi connectivity index (χ2v) is 3.15. The number of esters is 1. The van der Waals surface area contributed by atoms with Crippen LogP contribution in [-0.2, 0) is 14.4 Å². The Bertz CT molecular complexity index is 268. The Balaban J connectivity index is 4.24. The van der Waals surface area contributed by atoms with Crippen LogP contribution < -0.4 is 0 Å². The Morgan fingerprint density at radius 2 is 2.07 bits per heavy atom. The Morgan fingerprint density at radius 1 is 1.47 bits per heavy atom. The standard InChI is InChI=1S/C9H18N3O3/c1-6-14-8(13)7-10-15-9(11(2)3)12(4)5/h7H,6H2,1-5H3/q+1. The Labute approximate surface area is 89.8 Å². The fourth-order valence-electron chi connectivity index (χ4n) is 0.859. The molecule has 0 saturated carbocycles. The van der Waals surface area contributed by atoms with Crippen LogP contribution in [0.3, 0.4) is 0 Å². The van der Waals surface area contributed by atoms with Gasteiger partial charge in [-0.05, 0) is 6.92 Å². The number of nitrogens with zero attached hydrogens (tertiary/aromatic N) is 3. The summed E-state index contributed by atoms with van der Waals surface area (Å²) in [4.78, 5) is 17.6. The monoisotopic (exact) mass is 216 g/mol. The van der Waals surface area contributed by atoms with Gasteiger partial charge in [0, 0.05) is 0 Å². The second-order valence-electron chi connectivity index (χ2n) is 3.15. The van der Waals surface area contributed by atoms with E-state index in [9.17, 15) is 4.79 Å². The van der Waals surface area contributed by atoms with Gasteiger partial charge < -0.3 is 4.74 Å². The number of amidine groups is 1. The maximum atomic E-state index is 10.9. The molecule has 6 nitrogen and oxygen atoms in total. The van der Waals surface area contributed by atoms with Crippen LogP contribution in [0.4, 0.5) is 0 Å². The van der Waals surface area contributed by atoms with Crippen molar-refractivity contribution in [2.45, 2.75) is 6.92 Å². The molecule has 0 rings (SSSR count). The second kappa shape index (κ2) is 6.80. The molecule has 0 aliphatic heterocycles. The summed E-state index contributed by atoms with van der Waals surface area (Å²) < 4.78 is 6.38. The molecule has 0 amide bonds. The van der Waals surface area contributed by atoms with Crippen molar-refractivity contribution in [1.29, 1.82) is 0 Å². The summed E-state index contributed by atoms with van der Waals surface area (Å²) >= 11 is 0. The van der Waals surface area contributed by atoms with Crippen molar-refractivity contribution >= 4 is 18.2 Å². The number of ether oxygens (including phenoxy) is 1. The molecule has 86 valence electrons. The average molecular weight is 216 g/mol. The lowest BCUT2D eigenvalue weighted by Gasteiger charge is -2.06. The minimum atomic E-state index is -0.519. The van der Waals surface area contributed by atoms with Crippen molar-refractivity contribution in [2.24, 2.45) is 5.16 Å². The molecule has 0 aromatic rings. The summed E-state index contributed by atoms with van der Waals surface area (Å²) in [5.74, 6) is -0.519. The fraction of sp³-hybridized carbons (Fsp3) is 0.667. The van der Waals surface area contributed by atoms with Crippen LogP contribution in [0.1, 0.15) is 6.92 Å². The van der Waals surface area contributed by atoms with Gasteiger partial charge in [0.1, 0.15) is 0 Å². The first-order chi connectivity index (χ1) is 6.99. The molecule has 0 atom stereocenters. The molecule has 0 aliphatic rings. The van der Waals surface area contributed by atoms with Crippen molar-refractivity contribution in [3.63, 3.8) is 0 Å². The minimum Gasteiger partial charge on any atom is -0.462 e. The Morgan fingerprint density at radius 3 is 2.47 bits per heavy atom. The molecule has 0 fully saturated rings. The first kappa shape index (κ1) is 13.4. The predicted octanol–water partition coefficient (Wildman–Crippen LogP) is -0.258. The summed E-state index contributed by atoms with van der Waals surface area (Å²) in [6.45, 7) is 2.05. The van der Waals surface area contributed by atoms with E-state index in [1.54, 1.807) is 16.4 Å². The van der Waals surface area contributed by atoms with Gasteiger partial charge in [0.15, 0.2) is 6.21 Å². The van der Waals surface area contributed by atoms with E-state index in [1.165, 1.54) is 0 Å². The maximum absolute atomic E-state index is 10.9. The number of carbonyl (C=O) groups is 1. The topological polar surface area (TPSA) is 54.1 Å². The lowest BCUT2D eigenvalue weighted by molar-refractivity contribution is -0.480. The SMILES string of the molecule is CCOC(=O)C=NOC(N(C)C)=[N+](C)C. The average Bonchev–Trinajstić information content (AvgIpc) is 2.11. The van der Waals surface area contributed by atoms with Crippen LogP contribution >= 0.6 is 0 Å². The van der Waals surface area contributed by atoms with Crippen LogP contribution in [-0.4, -0.2) is 62.5 Å². The minimum absolute atomic E-state index is 0.322. The molecule has 0 spiro atoms. The summed E-state index contributed by atoms with van der Waals surface area (Å²) in [6, 6.07) is 0.524. The van der Waals surface area contributed by atoms with Gasteiger partial charge in [-0.25, -0.2) is 14.3 Å². The quantitative estimate of drug-likeness (QED) is 0.214. The van der Waals surface area contributed by atoms with Gasteiger partial charge in [-0.3, -0.25) is 4.84 Å². The van der Waals surface area contributed by atoms with E-state index in [2.05, 4.69) is 9.89 Å². The molecule has 0 aromatic heterocycles. The highest BCUT2D eigenvalue weighted by Gasteiger charge is 2.13. The van der Waals surface area contributed by atoms with Crippen molar-refractivity contribution in [1.82, 2.24) is 4.90 Å². The van der Waals surface area contributed by atoms with E-state index < -0.39 is 5.97 Å². The van der Waals surface area contributed by atoms with Crippen molar-refractivity contribution < 1.29 is 18.9 Å². The molecule has 0 N–H and O–H groups in total. The van der Waals surface area contributed by atoms with Crippen LogP contribution in [0.15, 0.2) is 5.16 Å². The van der Waals surface area contributed by atoms with Crippen molar-refractivity contribution in [3.05, 3.63) is 0 Å². The largest absolute Gasteiger partial charge is 0.471 e. The number of carbonyl (C=O) groups excluding carboxylic acids is 1. The smallest absolute Gasteiger partial charge is 0.462 e. The van der Waals surface area contributed by atoms with E-state index in [4.69, 9.17) is 4.84 Å². The van der Waals surface area contributed by atoms with E-state index in [1.807, 2.05) is 28.2 Å². The molecule has 0 radical (unpaired) electrons. The first-order valence-electron chi connectivity index (χ1n) is 4.57. The normalized spacial score (nSPS) is 9.93. The van der Waals surface area contributed by atoms with Gasteiger partial charge in [0.2, 0.25) is 0 Å². The van der Waals surface area contributed by atoms with E-state index in [-0.39, 0.29) is 0 Å². The Hall–Kier alpha value is -1.59. The van der Waals surface area contributed by atoms with Crippen molar-refractivity contribution in [2.75, 3.05) is 34.8 Å². The lowest BCUT2D eigenvalue weighted by atomic mass is 10.7. The summed E-state index contributed by atoms with van der Waals surface area (Å²) in [5, 5.41) is 3.51. The molecular weight excluding hydrogens is 198 g/mol.